The standard InChI is InChI=1S/C4BrClF8/c5-1(6,3(9,10)11)2(7,8)4(12,13)14. The van der Waals surface area contributed by atoms with E-state index in [9.17, 15) is 35.1 Å². The van der Waals surface area contributed by atoms with Crippen molar-refractivity contribution in [1.29, 1.82) is 0 Å². The maximum Gasteiger partial charge on any atom is 0.456 e. The van der Waals surface area contributed by atoms with Gasteiger partial charge in [-0.3, -0.25) is 0 Å². The van der Waals surface area contributed by atoms with E-state index in [4.69, 9.17) is 0 Å². The van der Waals surface area contributed by atoms with Gasteiger partial charge >= 0.3 is 18.3 Å². The average Bonchev–Trinajstić information content (AvgIpc) is 1.81. The van der Waals surface area contributed by atoms with Gasteiger partial charge < -0.3 is 0 Å². The molecule has 0 aliphatic rings. The molecule has 0 heterocycles. The fraction of sp³-hybridized carbons (Fsp3) is 1.00. The van der Waals surface area contributed by atoms with Gasteiger partial charge in [0.05, 0.1) is 0 Å². The van der Waals surface area contributed by atoms with Crippen LogP contribution in [0.25, 0.3) is 0 Å². The largest absolute Gasteiger partial charge is 0.456 e. The van der Waals surface area contributed by atoms with Crippen molar-refractivity contribution < 1.29 is 35.1 Å². The van der Waals surface area contributed by atoms with Crippen molar-refractivity contribution in [2.75, 3.05) is 0 Å². The minimum absolute atomic E-state index is 1.13. The van der Waals surface area contributed by atoms with Crippen LogP contribution in [0.4, 0.5) is 35.1 Å². The van der Waals surface area contributed by atoms with Crippen LogP contribution in [0.2, 0.25) is 0 Å². The van der Waals surface area contributed by atoms with Crippen molar-refractivity contribution in [1.82, 2.24) is 0 Å². The Morgan fingerprint density at radius 1 is 0.714 bits per heavy atom. The van der Waals surface area contributed by atoms with Gasteiger partial charge in [0.25, 0.3) is 3.78 Å². The zero-order chi connectivity index (χ0) is 12.0. The highest BCUT2D eigenvalue weighted by Gasteiger charge is 2.78. The monoisotopic (exact) mass is 314 g/mol. The molecule has 0 aromatic rings. The van der Waals surface area contributed by atoms with Crippen molar-refractivity contribution >= 4 is 27.5 Å². The molecule has 0 radical (unpaired) electrons. The van der Waals surface area contributed by atoms with Crippen LogP contribution in [0.1, 0.15) is 0 Å². The minimum atomic E-state index is -6.40. The smallest absolute Gasteiger partial charge is 0.193 e. The van der Waals surface area contributed by atoms with Gasteiger partial charge in [-0.25, -0.2) is 0 Å². The molecule has 1 atom stereocenters. The molecule has 0 nitrogen and oxygen atoms in total. The van der Waals surface area contributed by atoms with Crippen molar-refractivity contribution in [3.8, 4) is 0 Å². The summed E-state index contributed by atoms with van der Waals surface area (Å²) in [5.74, 6) is -6.13. The Morgan fingerprint density at radius 2 is 1.00 bits per heavy atom. The fourth-order valence-corrected chi connectivity index (χ4v) is 0.688. The normalized spacial score (nSPS) is 19.3. The molecule has 0 rings (SSSR count). The van der Waals surface area contributed by atoms with Crippen LogP contribution < -0.4 is 0 Å². The molecule has 0 aliphatic carbocycles. The second-order valence-corrected chi connectivity index (χ2v) is 4.36. The van der Waals surface area contributed by atoms with Gasteiger partial charge in [-0.15, -0.1) is 0 Å². The van der Waals surface area contributed by atoms with Crippen LogP contribution >= 0.6 is 27.5 Å². The Balaban J connectivity index is 5.30. The Hall–Kier alpha value is 0.210. The molecule has 0 N–H and O–H groups in total. The second kappa shape index (κ2) is 3.36. The van der Waals surface area contributed by atoms with E-state index in [1.54, 1.807) is 0 Å². The molecule has 0 aliphatic heterocycles. The second-order valence-electron chi connectivity index (χ2n) is 2.14. The Labute approximate surface area is 85.3 Å². The third-order valence-corrected chi connectivity index (χ3v) is 2.51. The molecule has 0 spiro atoms. The number of hydrogen-bond donors (Lipinski definition) is 0. The molecule has 10 heteroatoms. The van der Waals surface area contributed by atoms with E-state index in [0.717, 1.165) is 15.9 Å². The van der Waals surface area contributed by atoms with Gasteiger partial charge in [0.1, 0.15) is 0 Å². The van der Waals surface area contributed by atoms with Crippen LogP contribution in [0.15, 0.2) is 0 Å². The van der Waals surface area contributed by atoms with Crippen LogP contribution in [-0.4, -0.2) is 22.1 Å². The molecule has 0 aromatic heterocycles. The fourth-order valence-electron chi connectivity index (χ4n) is 0.356. The van der Waals surface area contributed by atoms with Crippen molar-refractivity contribution in [2.24, 2.45) is 0 Å². The zero-order valence-electron chi connectivity index (χ0n) is 5.78. The van der Waals surface area contributed by atoms with Gasteiger partial charge in [-0.2, -0.15) is 35.1 Å². The summed E-state index contributed by atoms with van der Waals surface area (Å²) >= 11 is 5.24. The molecule has 0 saturated carbocycles. The van der Waals surface area contributed by atoms with Gasteiger partial charge in [0, 0.05) is 0 Å². The minimum Gasteiger partial charge on any atom is -0.193 e. The number of rotatable bonds is 1. The summed E-state index contributed by atoms with van der Waals surface area (Å²) in [6.45, 7) is 0. The van der Waals surface area contributed by atoms with Crippen LogP contribution in [-0.2, 0) is 0 Å². The predicted molar refractivity (Wildman–Crippen MR) is 34.6 cm³/mol. The third kappa shape index (κ3) is 2.07. The number of halogens is 10. The summed E-state index contributed by atoms with van der Waals surface area (Å²) in [4.78, 5) is 0. The first kappa shape index (κ1) is 14.2. The first-order valence-corrected chi connectivity index (χ1v) is 3.81. The average molecular weight is 315 g/mol. The topological polar surface area (TPSA) is 0 Å². The molecule has 0 fully saturated rings. The van der Waals surface area contributed by atoms with Crippen LogP contribution in [0, 0.1) is 0 Å². The summed E-state index contributed by atoms with van der Waals surface area (Å²) in [6.07, 6.45) is -12.3. The van der Waals surface area contributed by atoms with Gasteiger partial charge in [0.15, 0.2) is 0 Å². The molecule has 0 amide bonds. The van der Waals surface area contributed by atoms with Gasteiger partial charge in [-0.05, 0) is 0 Å². The quantitative estimate of drug-likeness (QED) is 0.505. The first-order valence-electron chi connectivity index (χ1n) is 2.64. The molecule has 86 valence electrons. The maximum absolute atomic E-state index is 12.2. The lowest BCUT2D eigenvalue weighted by Crippen LogP contribution is -2.57. The van der Waals surface area contributed by atoms with E-state index < -0.39 is 22.1 Å². The van der Waals surface area contributed by atoms with Crippen molar-refractivity contribution in [3.63, 3.8) is 0 Å². The Bertz CT molecular complexity index is 190. The zero-order valence-corrected chi connectivity index (χ0v) is 8.12. The Kier molecular flexibility index (Phi) is 3.41. The molecule has 0 saturated heterocycles. The van der Waals surface area contributed by atoms with Crippen molar-refractivity contribution in [2.45, 2.75) is 22.1 Å². The lowest BCUT2D eigenvalue weighted by molar-refractivity contribution is -0.316. The first-order chi connectivity index (χ1) is 5.75. The van der Waals surface area contributed by atoms with E-state index in [-0.39, 0.29) is 0 Å². The molecule has 14 heavy (non-hydrogen) atoms. The molecule has 0 aromatic carbocycles. The molecular weight excluding hydrogens is 315 g/mol. The van der Waals surface area contributed by atoms with Gasteiger partial charge in [-0.1, -0.05) is 27.5 Å². The lowest BCUT2D eigenvalue weighted by Gasteiger charge is -2.32. The third-order valence-electron chi connectivity index (χ3n) is 1.11. The summed E-state index contributed by atoms with van der Waals surface area (Å²) in [7, 11) is 0. The summed E-state index contributed by atoms with van der Waals surface area (Å²) < 4.78 is 89.1. The van der Waals surface area contributed by atoms with E-state index >= 15 is 0 Å². The van der Waals surface area contributed by atoms with E-state index in [2.05, 4.69) is 11.6 Å². The van der Waals surface area contributed by atoms with E-state index in [1.807, 2.05) is 0 Å². The van der Waals surface area contributed by atoms with E-state index in [0.29, 0.717) is 0 Å². The molecular formula is C4BrClF8. The number of hydrogen-bond acceptors (Lipinski definition) is 0. The maximum atomic E-state index is 12.2. The summed E-state index contributed by atoms with van der Waals surface area (Å²) in [5, 5.41) is 0. The Morgan fingerprint density at radius 3 is 1.07 bits per heavy atom. The van der Waals surface area contributed by atoms with Crippen LogP contribution in [0.5, 0.6) is 0 Å². The highest BCUT2D eigenvalue weighted by molar-refractivity contribution is 9.10. The van der Waals surface area contributed by atoms with Crippen molar-refractivity contribution in [3.05, 3.63) is 0 Å². The summed E-state index contributed by atoms with van der Waals surface area (Å²) in [5.41, 5.74) is 0. The SMILES string of the molecule is FC(F)(F)C(F)(F)C(Cl)(Br)C(F)(F)F. The summed E-state index contributed by atoms with van der Waals surface area (Å²) in [6, 6.07) is 0. The van der Waals surface area contributed by atoms with Crippen LogP contribution in [0.3, 0.4) is 0 Å². The molecule has 0 bridgehead atoms. The predicted octanol–water partition coefficient (Wildman–Crippen LogP) is 4.08. The number of alkyl halides is 10. The molecule has 1 unspecified atom stereocenters. The highest BCUT2D eigenvalue weighted by atomic mass is 79.9. The van der Waals surface area contributed by atoms with E-state index in [1.165, 1.54) is 0 Å². The lowest BCUT2D eigenvalue weighted by atomic mass is 10.2. The highest BCUT2D eigenvalue weighted by Crippen LogP contribution is 2.57. The van der Waals surface area contributed by atoms with Gasteiger partial charge in [0.2, 0.25) is 0 Å².